The number of carbonyl (C=O) groups is 3. The van der Waals surface area contributed by atoms with Crippen LogP contribution in [0.5, 0.6) is 0 Å². The second-order valence-electron chi connectivity index (χ2n) is 5.45. The quantitative estimate of drug-likeness (QED) is 0.645. The second kappa shape index (κ2) is 6.59. The van der Waals surface area contributed by atoms with Gasteiger partial charge < -0.3 is 0 Å². The van der Waals surface area contributed by atoms with Crippen molar-refractivity contribution in [2.24, 2.45) is 0 Å². The zero-order chi connectivity index (χ0) is 17.1. The summed E-state index contributed by atoms with van der Waals surface area (Å²) in [5.74, 6) is -1.11. The molecule has 2 aromatic rings. The highest BCUT2D eigenvalue weighted by molar-refractivity contribution is 6.22. The number of amides is 3. The smallest absolute Gasteiger partial charge is 0.266 e. The molecule has 3 rings (SSSR count). The Morgan fingerprint density at radius 2 is 2.00 bits per heavy atom. The second-order valence-corrected chi connectivity index (χ2v) is 5.45. The lowest BCUT2D eigenvalue weighted by Gasteiger charge is -2.17. The lowest BCUT2D eigenvalue weighted by molar-refractivity contribution is -0.121. The lowest BCUT2D eigenvalue weighted by Crippen LogP contribution is -2.48. The molecule has 3 amide bonds. The topological polar surface area (TPSA) is 91.4 Å². The summed E-state index contributed by atoms with van der Waals surface area (Å²) >= 11 is 0. The Bertz CT molecular complexity index is 791. The number of aromatic nitrogens is 1. The molecule has 7 nitrogen and oxygen atoms in total. The lowest BCUT2D eigenvalue weighted by atomic mass is 10.2. The maximum absolute atomic E-state index is 12.5. The van der Waals surface area contributed by atoms with Crippen LogP contribution in [0.1, 0.15) is 22.3 Å². The highest BCUT2D eigenvalue weighted by Gasteiger charge is 2.40. The number of carbonyl (C=O) groups excluding carboxylic acids is 3. The number of hydrogen-bond acceptors (Lipinski definition) is 5. The van der Waals surface area contributed by atoms with Crippen molar-refractivity contribution in [3.63, 3.8) is 0 Å². The summed E-state index contributed by atoms with van der Waals surface area (Å²) in [6.45, 7) is 1.83. The Hall–Kier alpha value is -3.06. The monoisotopic (exact) mass is 324 g/mol. The number of anilines is 1. The minimum absolute atomic E-state index is 0.0134. The predicted octanol–water partition coefficient (Wildman–Crippen LogP) is 0.957. The third-order valence-corrected chi connectivity index (χ3v) is 3.79. The van der Waals surface area contributed by atoms with Crippen molar-refractivity contribution < 1.29 is 14.4 Å². The first-order chi connectivity index (χ1) is 11.6. The zero-order valence-electron chi connectivity index (χ0n) is 13.0. The van der Waals surface area contributed by atoms with E-state index in [4.69, 9.17) is 0 Å². The Morgan fingerprint density at radius 1 is 1.21 bits per heavy atom. The summed E-state index contributed by atoms with van der Waals surface area (Å²) in [5, 5.41) is 0. The molecule has 1 aromatic carbocycles. The van der Waals surface area contributed by atoms with E-state index in [0.29, 0.717) is 11.3 Å². The van der Waals surface area contributed by atoms with E-state index in [2.05, 4.69) is 15.8 Å². The number of nitrogens with one attached hydrogen (secondary N) is 2. The number of hydrazine groups is 1. The Morgan fingerprint density at radius 3 is 2.71 bits per heavy atom. The summed E-state index contributed by atoms with van der Waals surface area (Å²) < 4.78 is 0. The normalized spacial score (nSPS) is 17.2. The number of nitrogens with zero attached hydrogens (tertiary/aromatic N) is 2. The Kier molecular flexibility index (Phi) is 4.35. The van der Waals surface area contributed by atoms with Crippen LogP contribution in [0.2, 0.25) is 0 Å². The summed E-state index contributed by atoms with van der Waals surface area (Å²) in [6.07, 6.45) is 2.96. The van der Waals surface area contributed by atoms with Gasteiger partial charge >= 0.3 is 0 Å². The van der Waals surface area contributed by atoms with E-state index in [1.807, 2.05) is 19.1 Å². The van der Waals surface area contributed by atoms with Gasteiger partial charge in [-0.1, -0.05) is 18.2 Å². The van der Waals surface area contributed by atoms with Crippen LogP contribution in [-0.2, 0) is 9.59 Å². The summed E-state index contributed by atoms with van der Waals surface area (Å²) in [6, 6.07) is 9.62. The van der Waals surface area contributed by atoms with Crippen LogP contribution in [0.25, 0.3) is 0 Å². The van der Waals surface area contributed by atoms with Gasteiger partial charge in [-0.15, -0.1) is 0 Å². The van der Waals surface area contributed by atoms with Crippen molar-refractivity contribution in [1.29, 1.82) is 0 Å². The molecule has 1 aliphatic rings. The zero-order valence-corrected chi connectivity index (χ0v) is 13.0. The van der Waals surface area contributed by atoms with E-state index in [0.717, 1.165) is 10.5 Å². The van der Waals surface area contributed by atoms with Gasteiger partial charge in [0.1, 0.15) is 6.04 Å². The van der Waals surface area contributed by atoms with Crippen molar-refractivity contribution in [3.8, 4) is 0 Å². The molecule has 0 bridgehead atoms. The van der Waals surface area contributed by atoms with E-state index in [9.17, 15) is 14.4 Å². The van der Waals surface area contributed by atoms with E-state index >= 15 is 0 Å². The minimum atomic E-state index is -0.794. The van der Waals surface area contributed by atoms with E-state index in [1.165, 1.54) is 6.20 Å². The fourth-order valence-electron chi connectivity index (χ4n) is 2.53. The molecule has 2 heterocycles. The Labute approximate surface area is 138 Å². The maximum Gasteiger partial charge on any atom is 0.266 e. The van der Waals surface area contributed by atoms with Gasteiger partial charge in [0.25, 0.3) is 11.8 Å². The van der Waals surface area contributed by atoms with Gasteiger partial charge in [-0.3, -0.25) is 24.8 Å². The van der Waals surface area contributed by atoms with Gasteiger partial charge in [-0.25, -0.2) is 10.3 Å². The molecule has 1 unspecified atom stereocenters. The van der Waals surface area contributed by atoms with Gasteiger partial charge in [0.15, 0.2) is 0 Å². The number of aryl methyl sites for hydroxylation is 1. The summed E-state index contributed by atoms with van der Waals surface area (Å²) in [5.41, 5.74) is 6.85. The fraction of sp³-hybridized carbons (Fsp3) is 0.176. The van der Waals surface area contributed by atoms with Crippen molar-refractivity contribution in [2.75, 3.05) is 4.90 Å². The third-order valence-electron chi connectivity index (χ3n) is 3.79. The van der Waals surface area contributed by atoms with Crippen LogP contribution < -0.4 is 15.8 Å². The average molecular weight is 324 g/mol. The highest BCUT2D eigenvalue weighted by Crippen LogP contribution is 2.25. The third kappa shape index (κ3) is 3.02. The molecule has 0 aliphatic carbocycles. The minimum Gasteiger partial charge on any atom is -0.287 e. The molecule has 0 spiro atoms. The van der Waals surface area contributed by atoms with Gasteiger partial charge in [0.2, 0.25) is 5.91 Å². The van der Waals surface area contributed by atoms with Crippen LogP contribution in [0.3, 0.4) is 0 Å². The number of benzene rings is 1. The molecule has 24 heavy (non-hydrogen) atoms. The predicted molar refractivity (Wildman–Crippen MR) is 86.9 cm³/mol. The molecular weight excluding hydrogens is 308 g/mol. The number of hydrogen-bond donors (Lipinski definition) is 2. The largest absolute Gasteiger partial charge is 0.287 e. The van der Waals surface area contributed by atoms with Crippen LogP contribution in [0, 0.1) is 6.92 Å². The molecule has 2 N–H and O–H groups in total. The van der Waals surface area contributed by atoms with Crippen LogP contribution in [0.15, 0.2) is 48.8 Å². The Balaban J connectivity index is 1.69. The van der Waals surface area contributed by atoms with Crippen molar-refractivity contribution in [1.82, 2.24) is 15.8 Å². The molecular formula is C17H16N4O3. The SMILES string of the molecule is Cc1ccccc1N1C(=O)CC(NNC(=O)c2cccnc2)C1=O. The van der Waals surface area contributed by atoms with Crippen molar-refractivity contribution in [3.05, 3.63) is 59.9 Å². The van der Waals surface area contributed by atoms with Gasteiger partial charge in [-0.05, 0) is 30.7 Å². The highest BCUT2D eigenvalue weighted by atomic mass is 16.2. The number of para-hydroxylation sites is 1. The molecule has 122 valence electrons. The molecule has 1 atom stereocenters. The molecule has 0 radical (unpaired) electrons. The summed E-state index contributed by atoms with van der Waals surface area (Å²) in [7, 11) is 0. The molecule has 1 aromatic heterocycles. The van der Waals surface area contributed by atoms with Crippen LogP contribution in [0.4, 0.5) is 5.69 Å². The van der Waals surface area contributed by atoms with E-state index in [-0.39, 0.29) is 18.2 Å². The van der Waals surface area contributed by atoms with Crippen LogP contribution >= 0.6 is 0 Å². The first-order valence-corrected chi connectivity index (χ1v) is 7.46. The van der Waals surface area contributed by atoms with Crippen molar-refractivity contribution in [2.45, 2.75) is 19.4 Å². The van der Waals surface area contributed by atoms with Gasteiger partial charge in [0, 0.05) is 12.4 Å². The first-order valence-electron chi connectivity index (χ1n) is 7.46. The summed E-state index contributed by atoms with van der Waals surface area (Å²) in [4.78, 5) is 41.7. The van der Waals surface area contributed by atoms with Crippen molar-refractivity contribution >= 4 is 23.4 Å². The van der Waals surface area contributed by atoms with E-state index in [1.54, 1.807) is 30.5 Å². The van der Waals surface area contributed by atoms with Gasteiger partial charge in [0.05, 0.1) is 17.7 Å². The standard InChI is InChI=1S/C17H16N4O3/c1-11-5-2-3-7-14(11)21-15(22)9-13(17(21)24)19-20-16(23)12-6-4-8-18-10-12/h2-8,10,13,19H,9H2,1H3,(H,20,23). The van der Waals surface area contributed by atoms with E-state index < -0.39 is 11.9 Å². The van der Waals surface area contributed by atoms with Crippen LogP contribution in [-0.4, -0.2) is 28.7 Å². The molecule has 1 saturated heterocycles. The maximum atomic E-state index is 12.5. The average Bonchev–Trinajstić information content (AvgIpc) is 2.88. The molecule has 7 heteroatoms. The fourth-order valence-corrected chi connectivity index (χ4v) is 2.53. The number of pyridine rings is 1. The number of imide groups is 1. The molecule has 1 fully saturated rings. The first kappa shape index (κ1) is 15.8. The molecule has 1 aliphatic heterocycles. The van der Waals surface area contributed by atoms with Gasteiger partial charge in [-0.2, -0.15) is 0 Å². The number of rotatable bonds is 4. The molecule has 0 saturated carbocycles.